The van der Waals surface area contributed by atoms with Crippen molar-refractivity contribution in [2.75, 3.05) is 20.2 Å². The minimum absolute atomic E-state index is 0.140. The number of amides is 2. The van der Waals surface area contributed by atoms with E-state index in [-0.39, 0.29) is 23.7 Å². The van der Waals surface area contributed by atoms with Crippen LogP contribution in [0.2, 0.25) is 0 Å². The second-order valence-electron chi connectivity index (χ2n) is 6.16. The molecule has 1 aromatic heterocycles. The molecule has 0 aliphatic carbocycles. The molecule has 27 heavy (non-hydrogen) atoms. The van der Waals surface area contributed by atoms with Gasteiger partial charge in [0.15, 0.2) is 0 Å². The Morgan fingerprint density at radius 3 is 2.85 bits per heavy atom. The number of benzene rings is 1. The Bertz CT molecular complexity index is 819. The molecule has 8 heteroatoms. The number of likely N-dealkylation sites (tertiary alicyclic amines) is 1. The van der Waals surface area contributed by atoms with E-state index in [4.69, 9.17) is 14.7 Å². The quantitative estimate of drug-likeness (QED) is 0.869. The smallest absolute Gasteiger partial charge is 0.317 e. The number of hydrogen-bond donors (Lipinski definition) is 1. The van der Waals surface area contributed by atoms with Crippen LogP contribution in [-0.4, -0.2) is 47.2 Å². The molecule has 1 aromatic carbocycles. The van der Waals surface area contributed by atoms with Crippen molar-refractivity contribution in [3.63, 3.8) is 0 Å². The van der Waals surface area contributed by atoms with E-state index in [9.17, 15) is 4.79 Å². The molecule has 1 aliphatic rings. The van der Waals surface area contributed by atoms with Crippen molar-refractivity contribution in [2.45, 2.75) is 25.5 Å². The van der Waals surface area contributed by atoms with E-state index in [1.165, 1.54) is 12.4 Å². The summed E-state index contributed by atoms with van der Waals surface area (Å²) < 4.78 is 10.9. The molecule has 1 aliphatic heterocycles. The maximum Gasteiger partial charge on any atom is 0.317 e. The van der Waals surface area contributed by atoms with Crippen LogP contribution in [0.25, 0.3) is 0 Å². The number of urea groups is 1. The number of piperidine rings is 1. The molecule has 1 saturated heterocycles. The van der Waals surface area contributed by atoms with Crippen LogP contribution in [0, 0.1) is 11.3 Å². The highest BCUT2D eigenvalue weighted by Gasteiger charge is 2.26. The normalized spacial score (nSPS) is 16.3. The zero-order chi connectivity index (χ0) is 19.1. The Labute approximate surface area is 157 Å². The molecule has 0 bridgehead atoms. The molecule has 3 rings (SSSR count). The van der Waals surface area contributed by atoms with Crippen molar-refractivity contribution in [3.05, 3.63) is 47.9 Å². The Balaban J connectivity index is 1.53. The average molecular weight is 367 g/mol. The summed E-state index contributed by atoms with van der Waals surface area (Å²) in [5, 5.41) is 12.0. The molecular formula is C19H21N5O3. The summed E-state index contributed by atoms with van der Waals surface area (Å²) >= 11 is 0. The number of nitriles is 1. The van der Waals surface area contributed by atoms with Crippen LogP contribution in [-0.2, 0) is 6.54 Å². The number of aromatic nitrogens is 2. The van der Waals surface area contributed by atoms with Gasteiger partial charge < -0.3 is 19.7 Å². The number of carbonyl (C=O) groups excluding carboxylic acids is 1. The van der Waals surface area contributed by atoms with Gasteiger partial charge in [-0.3, -0.25) is 0 Å². The average Bonchev–Trinajstić information content (AvgIpc) is 2.73. The van der Waals surface area contributed by atoms with Crippen LogP contribution in [0.5, 0.6) is 11.6 Å². The number of nitrogens with one attached hydrogen (secondary N) is 1. The summed E-state index contributed by atoms with van der Waals surface area (Å²) in [4.78, 5) is 22.2. The van der Waals surface area contributed by atoms with Gasteiger partial charge in [0.05, 0.1) is 13.7 Å². The summed E-state index contributed by atoms with van der Waals surface area (Å²) in [7, 11) is 1.62. The van der Waals surface area contributed by atoms with Crippen LogP contribution in [0.1, 0.15) is 24.1 Å². The fourth-order valence-electron chi connectivity index (χ4n) is 2.90. The number of carbonyl (C=O) groups is 1. The second kappa shape index (κ2) is 8.85. The van der Waals surface area contributed by atoms with Crippen LogP contribution in [0.3, 0.4) is 0 Å². The van der Waals surface area contributed by atoms with Crippen LogP contribution in [0.15, 0.2) is 36.7 Å². The first-order valence-corrected chi connectivity index (χ1v) is 8.73. The van der Waals surface area contributed by atoms with Gasteiger partial charge in [-0.1, -0.05) is 12.1 Å². The predicted octanol–water partition coefficient (Wildman–Crippen LogP) is 2.11. The lowest BCUT2D eigenvalue weighted by Gasteiger charge is -2.32. The van der Waals surface area contributed by atoms with Crippen LogP contribution >= 0.6 is 0 Å². The first-order valence-electron chi connectivity index (χ1n) is 8.73. The fourth-order valence-corrected chi connectivity index (χ4v) is 2.90. The van der Waals surface area contributed by atoms with E-state index in [2.05, 4.69) is 15.3 Å². The molecule has 1 N–H and O–H groups in total. The van der Waals surface area contributed by atoms with Gasteiger partial charge in [0.1, 0.15) is 17.9 Å². The molecule has 0 unspecified atom stereocenters. The molecule has 8 nitrogen and oxygen atoms in total. The zero-order valence-corrected chi connectivity index (χ0v) is 15.1. The van der Waals surface area contributed by atoms with E-state index < -0.39 is 0 Å². The van der Waals surface area contributed by atoms with Crippen molar-refractivity contribution in [1.29, 1.82) is 5.26 Å². The molecule has 0 spiro atoms. The van der Waals surface area contributed by atoms with Crippen LogP contribution in [0.4, 0.5) is 4.79 Å². The lowest BCUT2D eigenvalue weighted by Crippen LogP contribution is -2.48. The maximum absolute atomic E-state index is 12.5. The van der Waals surface area contributed by atoms with Crippen molar-refractivity contribution < 1.29 is 14.3 Å². The van der Waals surface area contributed by atoms with E-state index in [0.717, 1.165) is 24.2 Å². The topological polar surface area (TPSA) is 100 Å². The molecule has 140 valence electrons. The van der Waals surface area contributed by atoms with Gasteiger partial charge >= 0.3 is 6.03 Å². The van der Waals surface area contributed by atoms with Crippen molar-refractivity contribution in [1.82, 2.24) is 20.2 Å². The fraction of sp³-hybridized carbons (Fsp3) is 0.368. The minimum atomic E-state index is -0.214. The van der Waals surface area contributed by atoms with Gasteiger partial charge in [0.2, 0.25) is 5.69 Å². The zero-order valence-electron chi connectivity index (χ0n) is 15.1. The highest BCUT2D eigenvalue weighted by molar-refractivity contribution is 5.74. The van der Waals surface area contributed by atoms with Gasteiger partial charge in [-0.05, 0) is 30.5 Å². The number of methoxy groups -OCH3 is 1. The Morgan fingerprint density at radius 2 is 2.11 bits per heavy atom. The molecule has 2 heterocycles. The number of ether oxygens (including phenoxy) is 2. The first-order chi connectivity index (χ1) is 13.2. The minimum Gasteiger partial charge on any atom is -0.497 e. The van der Waals surface area contributed by atoms with E-state index >= 15 is 0 Å². The van der Waals surface area contributed by atoms with Crippen LogP contribution < -0.4 is 14.8 Å². The molecule has 0 saturated carbocycles. The Kier molecular flexibility index (Phi) is 6.05. The van der Waals surface area contributed by atoms with Crippen molar-refractivity contribution in [3.8, 4) is 17.7 Å². The van der Waals surface area contributed by atoms with Gasteiger partial charge in [-0.25, -0.2) is 14.8 Å². The SMILES string of the molecule is COc1ccc(CNC(=O)N2CCC[C@H](Oc3nccnc3C#N)C2)cc1. The monoisotopic (exact) mass is 367 g/mol. The van der Waals surface area contributed by atoms with Crippen molar-refractivity contribution >= 4 is 6.03 Å². The highest BCUT2D eigenvalue weighted by Crippen LogP contribution is 2.19. The molecule has 1 fully saturated rings. The summed E-state index contributed by atoms with van der Waals surface area (Å²) in [5.74, 6) is 0.993. The van der Waals surface area contributed by atoms with E-state index in [1.807, 2.05) is 30.3 Å². The number of nitrogens with zero attached hydrogens (tertiary/aromatic N) is 4. The maximum atomic E-state index is 12.5. The summed E-state index contributed by atoms with van der Waals surface area (Å²) in [6.07, 6.45) is 4.34. The highest BCUT2D eigenvalue weighted by atomic mass is 16.5. The molecule has 0 radical (unpaired) electrons. The van der Waals surface area contributed by atoms with Gasteiger partial charge in [-0.2, -0.15) is 5.26 Å². The van der Waals surface area contributed by atoms with Gasteiger partial charge in [0, 0.05) is 25.5 Å². The second-order valence-corrected chi connectivity index (χ2v) is 6.16. The predicted molar refractivity (Wildman–Crippen MR) is 97.2 cm³/mol. The number of rotatable bonds is 5. The Hall–Kier alpha value is -3.34. The number of hydrogen-bond acceptors (Lipinski definition) is 6. The lowest BCUT2D eigenvalue weighted by atomic mass is 10.1. The van der Waals surface area contributed by atoms with Gasteiger partial charge in [-0.15, -0.1) is 0 Å². The molecule has 1 atom stereocenters. The van der Waals surface area contributed by atoms with Gasteiger partial charge in [0.25, 0.3) is 5.88 Å². The molecular weight excluding hydrogens is 346 g/mol. The van der Waals surface area contributed by atoms with E-state index in [0.29, 0.717) is 19.6 Å². The third-order valence-corrected chi connectivity index (χ3v) is 4.32. The summed E-state index contributed by atoms with van der Waals surface area (Å²) in [5.41, 5.74) is 1.14. The lowest BCUT2D eigenvalue weighted by molar-refractivity contribution is 0.0971. The standard InChI is InChI=1S/C19H21N5O3/c1-26-15-6-4-14(5-7-15)12-23-19(25)24-10-2-3-16(13-24)27-18-17(11-20)21-8-9-22-18/h4-9,16H,2-3,10,12-13H2,1H3,(H,23,25)/t16-/m0/s1. The third-order valence-electron chi connectivity index (χ3n) is 4.32. The Morgan fingerprint density at radius 1 is 1.33 bits per heavy atom. The molecule has 2 aromatic rings. The largest absolute Gasteiger partial charge is 0.497 e. The summed E-state index contributed by atoms with van der Waals surface area (Å²) in [6, 6.07) is 9.38. The summed E-state index contributed by atoms with van der Waals surface area (Å²) in [6.45, 7) is 1.55. The van der Waals surface area contributed by atoms with Crippen molar-refractivity contribution in [2.24, 2.45) is 0 Å². The first kappa shape index (κ1) is 18.5. The molecule has 2 amide bonds. The van der Waals surface area contributed by atoms with E-state index in [1.54, 1.807) is 12.0 Å². The third kappa shape index (κ3) is 4.85.